The summed E-state index contributed by atoms with van der Waals surface area (Å²) in [7, 11) is 0. The van der Waals surface area contributed by atoms with Crippen LogP contribution < -0.4 is 16.0 Å². The highest BCUT2D eigenvalue weighted by atomic mass is 16.1. The first-order valence-corrected chi connectivity index (χ1v) is 8.38. The van der Waals surface area contributed by atoms with Crippen LogP contribution in [0, 0.1) is 12.8 Å². The number of rotatable bonds is 8. The number of aromatic nitrogens is 1. The molecule has 2 rings (SSSR count). The van der Waals surface area contributed by atoms with Crippen LogP contribution in [0.15, 0.2) is 18.3 Å². The molecular formula is C17H28N4O. The number of nitrogens with one attached hydrogen (secondary N) is 3. The lowest BCUT2D eigenvalue weighted by Gasteiger charge is -2.22. The van der Waals surface area contributed by atoms with Crippen LogP contribution in [0.5, 0.6) is 0 Å². The lowest BCUT2D eigenvalue weighted by molar-refractivity contribution is -0.121. The second-order valence-corrected chi connectivity index (χ2v) is 6.08. The number of carbonyl (C=O) groups excluding carboxylic acids is 1. The molecule has 22 heavy (non-hydrogen) atoms. The molecule has 1 aliphatic rings. The van der Waals surface area contributed by atoms with Gasteiger partial charge in [0.25, 0.3) is 0 Å². The summed E-state index contributed by atoms with van der Waals surface area (Å²) in [6.07, 6.45) is 6.87. The monoisotopic (exact) mass is 304 g/mol. The van der Waals surface area contributed by atoms with Gasteiger partial charge in [0.05, 0.1) is 0 Å². The molecule has 1 saturated heterocycles. The maximum Gasteiger partial charge on any atom is 0.220 e. The molecule has 3 N–H and O–H groups in total. The minimum Gasteiger partial charge on any atom is -0.370 e. The van der Waals surface area contributed by atoms with E-state index in [1.807, 2.05) is 25.3 Å². The fourth-order valence-corrected chi connectivity index (χ4v) is 2.70. The number of pyridine rings is 1. The topological polar surface area (TPSA) is 66.0 Å². The van der Waals surface area contributed by atoms with Gasteiger partial charge in [-0.15, -0.1) is 0 Å². The molecule has 1 aromatic rings. The quantitative estimate of drug-likeness (QED) is 0.643. The molecule has 0 bridgehead atoms. The van der Waals surface area contributed by atoms with Gasteiger partial charge in [0.2, 0.25) is 5.91 Å². The van der Waals surface area contributed by atoms with Crippen LogP contribution in [0.3, 0.4) is 0 Å². The normalized spacial score (nSPS) is 15.5. The molecule has 0 unspecified atom stereocenters. The Morgan fingerprint density at radius 3 is 2.86 bits per heavy atom. The van der Waals surface area contributed by atoms with Gasteiger partial charge in [-0.2, -0.15) is 0 Å². The van der Waals surface area contributed by atoms with Crippen molar-refractivity contribution in [2.75, 3.05) is 31.5 Å². The largest absolute Gasteiger partial charge is 0.370 e. The number of hydrogen-bond donors (Lipinski definition) is 3. The maximum absolute atomic E-state index is 11.8. The molecule has 0 spiro atoms. The van der Waals surface area contributed by atoms with E-state index in [0.717, 1.165) is 56.3 Å². The van der Waals surface area contributed by atoms with Crippen molar-refractivity contribution in [2.45, 2.75) is 39.0 Å². The summed E-state index contributed by atoms with van der Waals surface area (Å²) in [5.74, 6) is 1.80. The predicted octanol–water partition coefficient (Wildman–Crippen LogP) is 2.09. The van der Waals surface area contributed by atoms with Crippen molar-refractivity contribution < 1.29 is 4.79 Å². The molecule has 0 radical (unpaired) electrons. The van der Waals surface area contributed by atoms with Gasteiger partial charge in [-0.1, -0.05) is 6.07 Å². The molecule has 1 aliphatic heterocycles. The fraction of sp³-hybridized carbons (Fsp3) is 0.647. The van der Waals surface area contributed by atoms with Crippen LogP contribution in [-0.4, -0.2) is 37.1 Å². The summed E-state index contributed by atoms with van der Waals surface area (Å²) in [4.78, 5) is 16.1. The first-order valence-electron chi connectivity index (χ1n) is 8.38. The predicted molar refractivity (Wildman–Crippen MR) is 89.9 cm³/mol. The van der Waals surface area contributed by atoms with Crippen LogP contribution in [0.1, 0.15) is 37.7 Å². The molecule has 5 heteroatoms. The third kappa shape index (κ3) is 6.43. The molecule has 1 amide bonds. The van der Waals surface area contributed by atoms with Crippen LogP contribution in [0.25, 0.3) is 0 Å². The van der Waals surface area contributed by atoms with Gasteiger partial charge in [0.1, 0.15) is 5.82 Å². The van der Waals surface area contributed by atoms with E-state index in [0.29, 0.717) is 6.42 Å². The molecule has 122 valence electrons. The van der Waals surface area contributed by atoms with E-state index >= 15 is 0 Å². The zero-order valence-electron chi connectivity index (χ0n) is 13.5. The Bertz CT molecular complexity index is 440. The van der Waals surface area contributed by atoms with Gasteiger partial charge in [0, 0.05) is 25.7 Å². The number of amides is 1. The van der Waals surface area contributed by atoms with Crippen molar-refractivity contribution in [1.29, 1.82) is 0 Å². The standard InChI is InChI=1S/C17H28N4O/c1-14-3-5-16(21-13-14)19-9-2-10-20-17(22)6-4-15-7-11-18-12-8-15/h3,5,13,15,18H,2,4,6-12H2,1H3,(H,19,21)(H,20,22). The van der Waals surface area contributed by atoms with Gasteiger partial charge in [-0.3, -0.25) is 4.79 Å². The van der Waals surface area contributed by atoms with Gasteiger partial charge in [0.15, 0.2) is 0 Å². The second kappa shape index (κ2) is 9.41. The number of hydrogen-bond acceptors (Lipinski definition) is 4. The van der Waals surface area contributed by atoms with E-state index in [-0.39, 0.29) is 5.91 Å². The summed E-state index contributed by atoms with van der Waals surface area (Å²) in [5.41, 5.74) is 1.16. The lowest BCUT2D eigenvalue weighted by atomic mass is 9.93. The first kappa shape index (κ1) is 16.7. The Hall–Kier alpha value is -1.62. The summed E-state index contributed by atoms with van der Waals surface area (Å²) < 4.78 is 0. The van der Waals surface area contributed by atoms with Crippen molar-refractivity contribution >= 4 is 11.7 Å². The Kier molecular flexibility index (Phi) is 7.16. The summed E-state index contributed by atoms with van der Waals surface area (Å²) in [6, 6.07) is 4.02. The first-order chi connectivity index (χ1) is 10.7. The third-order valence-corrected chi connectivity index (χ3v) is 4.13. The average Bonchev–Trinajstić information content (AvgIpc) is 2.55. The molecule has 0 atom stereocenters. The molecule has 1 aromatic heterocycles. The minimum atomic E-state index is 0.187. The molecule has 1 fully saturated rings. The van der Waals surface area contributed by atoms with Crippen LogP contribution >= 0.6 is 0 Å². The van der Waals surface area contributed by atoms with E-state index in [1.165, 1.54) is 12.8 Å². The molecule has 5 nitrogen and oxygen atoms in total. The number of piperidine rings is 1. The SMILES string of the molecule is Cc1ccc(NCCCNC(=O)CCC2CCNCC2)nc1. The van der Waals surface area contributed by atoms with Crippen molar-refractivity contribution in [3.8, 4) is 0 Å². The highest BCUT2D eigenvalue weighted by Crippen LogP contribution is 2.17. The minimum absolute atomic E-state index is 0.187. The van der Waals surface area contributed by atoms with Crippen molar-refractivity contribution in [3.05, 3.63) is 23.9 Å². The summed E-state index contributed by atoms with van der Waals surface area (Å²) >= 11 is 0. The zero-order chi connectivity index (χ0) is 15.6. The molecule has 0 aromatic carbocycles. The van der Waals surface area contributed by atoms with Crippen LogP contribution in [0.4, 0.5) is 5.82 Å². The summed E-state index contributed by atoms with van der Waals surface area (Å²) in [5, 5.41) is 9.62. The number of nitrogens with zero attached hydrogens (tertiary/aromatic N) is 1. The number of aryl methyl sites for hydroxylation is 1. The van der Waals surface area contributed by atoms with E-state index in [4.69, 9.17) is 0 Å². The maximum atomic E-state index is 11.8. The van der Waals surface area contributed by atoms with E-state index in [1.54, 1.807) is 0 Å². The molecule has 2 heterocycles. The smallest absolute Gasteiger partial charge is 0.220 e. The average molecular weight is 304 g/mol. The third-order valence-electron chi connectivity index (χ3n) is 4.13. The van der Waals surface area contributed by atoms with E-state index < -0.39 is 0 Å². The Morgan fingerprint density at radius 1 is 1.32 bits per heavy atom. The molecular weight excluding hydrogens is 276 g/mol. The van der Waals surface area contributed by atoms with Crippen molar-refractivity contribution in [2.24, 2.45) is 5.92 Å². The van der Waals surface area contributed by atoms with E-state index in [9.17, 15) is 4.79 Å². The lowest BCUT2D eigenvalue weighted by Crippen LogP contribution is -2.30. The Morgan fingerprint density at radius 2 is 2.14 bits per heavy atom. The Labute approximate surface area is 133 Å². The highest BCUT2D eigenvalue weighted by molar-refractivity contribution is 5.75. The van der Waals surface area contributed by atoms with Gasteiger partial charge < -0.3 is 16.0 Å². The molecule has 0 saturated carbocycles. The van der Waals surface area contributed by atoms with Gasteiger partial charge >= 0.3 is 0 Å². The molecule has 0 aliphatic carbocycles. The van der Waals surface area contributed by atoms with Gasteiger partial charge in [-0.05, 0) is 63.2 Å². The zero-order valence-corrected chi connectivity index (χ0v) is 13.5. The summed E-state index contributed by atoms with van der Waals surface area (Å²) in [6.45, 7) is 5.78. The van der Waals surface area contributed by atoms with Crippen molar-refractivity contribution in [3.63, 3.8) is 0 Å². The Balaban J connectivity index is 1.49. The number of anilines is 1. The van der Waals surface area contributed by atoms with Gasteiger partial charge in [-0.25, -0.2) is 4.98 Å². The number of carbonyl (C=O) groups is 1. The van der Waals surface area contributed by atoms with Crippen LogP contribution in [-0.2, 0) is 4.79 Å². The fourth-order valence-electron chi connectivity index (χ4n) is 2.70. The highest BCUT2D eigenvalue weighted by Gasteiger charge is 2.14. The van der Waals surface area contributed by atoms with E-state index in [2.05, 4.69) is 20.9 Å². The second-order valence-electron chi connectivity index (χ2n) is 6.08. The van der Waals surface area contributed by atoms with Crippen LogP contribution in [0.2, 0.25) is 0 Å². The van der Waals surface area contributed by atoms with Crippen molar-refractivity contribution in [1.82, 2.24) is 15.6 Å².